The second-order valence-electron chi connectivity index (χ2n) is 10.3. The normalized spacial score (nSPS) is 33.7. The summed E-state index contributed by atoms with van der Waals surface area (Å²) >= 11 is 1.54. The van der Waals surface area contributed by atoms with Gasteiger partial charge >= 0.3 is 5.97 Å². The van der Waals surface area contributed by atoms with Crippen LogP contribution < -0.4 is 0 Å². The smallest absolute Gasteiger partial charge is 0.311 e. The van der Waals surface area contributed by atoms with Crippen LogP contribution in [0.1, 0.15) is 32.3 Å². The zero-order valence-electron chi connectivity index (χ0n) is 20.8. The van der Waals surface area contributed by atoms with Gasteiger partial charge in [-0.25, -0.2) is 0 Å². The number of cyclic esters (lactones) is 1. The monoisotopic (exact) mass is 510 g/mol. The number of aliphatic hydroxyl groups excluding tert-OH is 1. The van der Waals surface area contributed by atoms with Crippen molar-refractivity contribution >= 4 is 29.5 Å². The molecule has 8 heteroatoms. The van der Waals surface area contributed by atoms with Crippen LogP contribution in [0.5, 0.6) is 0 Å². The molecule has 1 unspecified atom stereocenters. The number of carbonyl (C=O) groups excluding carboxylic acids is 3. The van der Waals surface area contributed by atoms with Gasteiger partial charge in [0.1, 0.15) is 6.04 Å². The van der Waals surface area contributed by atoms with Gasteiger partial charge in [-0.15, -0.1) is 11.8 Å². The number of allylic oxidation sites excluding steroid dienone is 1. The summed E-state index contributed by atoms with van der Waals surface area (Å²) in [5.74, 6) is -2.16. The maximum absolute atomic E-state index is 14.3. The first kappa shape index (κ1) is 25.1. The Labute approximate surface area is 216 Å². The number of esters is 1. The topological polar surface area (TPSA) is 87.2 Å². The molecule has 4 heterocycles. The maximum Gasteiger partial charge on any atom is 0.311 e. The molecule has 36 heavy (non-hydrogen) atoms. The fourth-order valence-corrected chi connectivity index (χ4v) is 8.19. The van der Waals surface area contributed by atoms with Crippen molar-refractivity contribution in [2.24, 2.45) is 11.8 Å². The predicted molar refractivity (Wildman–Crippen MR) is 138 cm³/mol. The average Bonchev–Trinajstić information content (AvgIpc) is 3.28. The largest absolute Gasteiger partial charge is 0.465 e. The van der Waals surface area contributed by atoms with E-state index in [9.17, 15) is 19.5 Å². The first-order chi connectivity index (χ1) is 17.4. The number of fused-ring (bicyclic) bond motifs is 2. The average molecular weight is 511 g/mol. The van der Waals surface area contributed by atoms with Gasteiger partial charge in [0.2, 0.25) is 11.8 Å². The van der Waals surface area contributed by atoms with E-state index in [0.717, 1.165) is 18.4 Å². The summed E-state index contributed by atoms with van der Waals surface area (Å²) in [6.07, 6.45) is 10.0. The van der Waals surface area contributed by atoms with Crippen LogP contribution in [0.25, 0.3) is 0 Å². The van der Waals surface area contributed by atoms with Gasteiger partial charge in [0.15, 0.2) is 0 Å². The van der Waals surface area contributed by atoms with Crippen LogP contribution in [0.4, 0.5) is 0 Å². The Kier molecular flexibility index (Phi) is 7.01. The zero-order chi connectivity index (χ0) is 25.4. The number of carbonyl (C=O) groups is 3. The van der Waals surface area contributed by atoms with E-state index in [4.69, 9.17) is 4.74 Å². The molecule has 6 atom stereocenters. The molecule has 4 aliphatic heterocycles. The third-order valence-electron chi connectivity index (χ3n) is 7.86. The van der Waals surface area contributed by atoms with E-state index < -0.39 is 28.7 Å². The van der Waals surface area contributed by atoms with Gasteiger partial charge in [0, 0.05) is 17.8 Å². The number of rotatable bonds is 5. The molecule has 1 aromatic rings. The highest BCUT2D eigenvalue weighted by molar-refractivity contribution is 8.02. The predicted octanol–water partition coefficient (Wildman–Crippen LogP) is 2.59. The number of hydrogen-bond acceptors (Lipinski definition) is 6. The molecule has 2 amide bonds. The number of amides is 2. The number of aliphatic hydroxyl groups is 1. The second kappa shape index (κ2) is 10.1. The van der Waals surface area contributed by atoms with Crippen LogP contribution in [0.15, 0.2) is 54.6 Å². The zero-order valence-corrected chi connectivity index (χ0v) is 21.6. The van der Waals surface area contributed by atoms with Crippen LogP contribution >= 0.6 is 11.8 Å². The standard InChI is InChI=1S/C28H34N2O5S/c1-18(2)29-14-9-13-28-23(22-21(36-28)12-7-4-8-15-35-27(22)34)25(32)30(24(28)26(29)33)20(17-31)16-19-10-5-3-6-11-19/h3,5-7,9-13,18,20-24,31H,4,8,14-17H2,1-2H3/b12-7-/t20-,21-,22+,23+,24?,28+/m1/s1. The minimum Gasteiger partial charge on any atom is -0.465 e. The molecule has 0 bridgehead atoms. The number of ether oxygens (including phenoxy) is 1. The molecule has 0 aliphatic carbocycles. The van der Waals surface area contributed by atoms with Gasteiger partial charge in [-0.05, 0) is 38.7 Å². The summed E-state index contributed by atoms with van der Waals surface area (Å²) in [4.78, 5) is 45.2. The summed E-state index contributed by atoms with van der Waals surface area (Å²) in [5, 5.41) is 10.3. The molecule has 1 N–H and O–H groups in total. The van der Waals surface area contributed by atoms with Gasteiger partial charge in [0.05, 0.1) is 35.8 Å². The van der Waals surface area contributed by atoms with Crippen molar-refractivity contribution in [3.8, 4) is 0 Å². The van der Waals surface area contributed by atoms with Crippen molar-refractivity contribution in [3.63, 3.8) is 0 Å². The fourth-order valence-electron chi connectivity index (χ4n) is 6.21. The maximum atomic E-state index is 14.3. The molecule has 4 aliphatic rings. The summed E-state index contributed by atoms with van der Waals surface area (Å²) < 4.78 is 4.71. The van der Waals surface area contributed by atoms with E-state index >= 15 is 0 Å². The fraction of sp³-hybridized carbons (Fsp3) is 0.536. The molecular formula is C28H34N2O5S. The second-order valence-corrected chi connectivity index (χ2v) is 11.8. The van der Waals surface area contributed by atoms with E-state index in [2.05, 4.69) is 6.08 Å². The Hall–Kier alpha value is -2.58. The molecule has 192 valence electrons. The number of benzene rings is 1. The van der Waals surface area contributed by atoms with Gasteiger partial charge < -0.3 is 19.6 Å². The Morgan fingerprint density at radius 2 is 1.92 bits per heavy atom. The SMILES string of the molecule is CC(C)N1CC=C[C@]23S[C@@H]4/C=C\CCCOC(=O)[C@@H]4[C@H]2C(=O)N([C@@H](CO)Cc2ccccc2)C3C1=O. The van der Waals surface area contributed by atoms with Gasteiger partial charge in [-0.2, -0.15) is 0 Å². The van der Waals surface area contributed by atoms with Crippen molar-refractivity contribution in [2.45, 2.75) is 61.2 Å². The van der Waals surface area contributed by atoms with E-state index in [1.54, 1.807) is 9.80 Å². The summed E-state index contributed by atoms with van der Waals surface area (Å²) in [5.41, 5.74) is 0.975. The highest BCUT2D eigenvalue weighted by Crippen LogP contribution is 2.61. The van der Waals surface area contributed by atoms with Crippen LogP contribution in [0, 0.1) is 11.8 Å². The van der Waals surface area contributed by atoms with Gasteiger partial charge in [0.25, 0.3) is 0 Å². The highest BCUT2D eigenvalue weighted by atomic mass is 32.2. The highest BCUT2D eigenvalue weighted by Gasteiger charge is 2.71. The number of thioether (sulfide) groups is 1. The molecule has 0 aromatic heterocycles. The first-order valence-electron chi connectivity index (χ1n) is 12.8. The van der Waals surface area contributed by atoms with Crippen LogP contribution in [0.2, 0.25) is 0 Å². The Morgan fingerprint density at radius 3 is 2.64 bits per heavy atom. The third kappa shape index (κ3) is 4.08. The lowest BCUT2D eigenvalue weighted by Crippen LogP contribution is -2.57. The molecule has 7 nitrogen and oxygen atoms in total. The Morgan fingerprint density at radius 1 is 1.14 bits per heavy atom. The van der Waals surface area contributed by atoms with E-state index in [1.807, 2.05) is 62.4 Å². The molecule has 0 radical (unpaired) electrons. The van der Waals surface area contributed by atoms with Crippen LogP contribution in [0.3, 0.4) is 0 Å². The molecule has 5 rings (SSSR count). The van der Waals surface area contributed by atoms with Crippen molar-refractivity contribution < 1.29 is 24.2 Å². The van der Waals surface area contributed by atoms with Crippen molar-refractivity contribution in [1.29, 1.82) is 0 Å². The van der Waals surface area contributed by atoms with E-state index in [0.29, 0.717) is 19.6 Å². The minimum atomic E-state index is -0.903. The van der Waals surface area contributed by atoms with Gasteiger partial charge in [-0.3, -0.25) is 14.4 Å². The lowest BCUT2D eigenvalue weighted by atomic mass is 9.78. The number of nitrogens with zero attached hydrogens (tertiary/aromatic N) is 2. The van der Waals surface area contributed by atoms with E-state index in [1.165, 1.54) is 11.8 Å². The Bertz CT molecular complexity index is 1070. The number of hydrogen-bond donors (Lipinski definition) is 1. The number of likely N-dealkylation sites (tertiary alicyclic amines) is 1. The molecule has 2 saturated heterocycles. The third-order valence-corrected chi connectivity index (χ3v) is 9.61. The van der Waals surface area contributed by atoms with Crippen molar-refractivity contribution in [1.82, 2.24) is 9.80 Å². The molecule has 1 spiro atoms. The van der Waals surface area contributed by atoms with Gasteiger partial charge in [-0.1, -0.05) is 54.6 Å². The first-order valence-corrected chi connectivity index (χ1v) is 13.7. The molecule has 1 aromatic carbocycles. The Balaban J connectivity index is 1.62. The van der Waals surface area contributed by atoms with E-state index in [-0.39, 0.29) is 35.7 Å². The molecule has 0 saturated carbocycles. The lowest BCUT2D eigenvalue weighted by Gasteiger charge is -2.39. The summed E-state index contributed by atoms with van der Waals surface area (Å²) in [6, 6.07) is 8.24. The van der Waals surface area contributed by atoms with Crippen LogP contribution in [-0.4, -0.2) is 80.6 Å². The van der Waals surface area contributed by atoms with Crippen molar-refractivity contribution in [3.05, 3.63) is 60.2 Å². The van der Waals surface area contributed by atoms with Crippen molar-refractivity contribution in [2.75, 3.05) is 19.8 Å². The summed E-state index contributed by atoms with van der Waals surface area (Å²) in [6.45, 7) is 4.43. The molecular weight excluding hydrogens is 476 g/mol. The van der Waals surface area contributed by atoms with Crippen LogP contribution in [-0.2, 0) is 25.5 Å². The minimum absolute atomic E-state index is 0.0524. The summed E-state index contributed by atoms with van der Waals surface area (Å²) in [7, 11) is 0. The molecule has 2 fully saturated rings. The lowest BCUT2D eigenvalue weighted by molar-refractivity contribution is -0.153. The quantitative estimate of drug-likeness (QED) is 0.484.